The van der Waals surface area contributed by atoms with Crippen LogP contribution >= 0.6 is 0 Å². The third kappa shape index (κ3) is 2.78. The molecule has 0 aliphatic carbocycles. The molecule has 0 spiro atoms. The lowest BCUT2D eigenvalue weighted by Crippen LogP contribution is -2.24. The maximum Gasteiger partial charge on any atom is 0.226 e. The number of fused-ring (bicyclic) bond motifs is 1. The molecule has 3 aromatic rings. The van der Waals surface area contributed by atoms with Crippen LogP contribution in [0.5, 0.6) is 5.75 Å². The molecule has 1 aliphatic rings. The van der Waals surface area contributed by atoms with Crippen molar-refractivity contribution < 1.29 is 9.53 Å². The molecule has 126 valence electrons. The lowest BCUT2D eigenvalue weighted by atomic mass is 9.87. The number of aromatic nitrogens is 2. The third-order valence-corrected chi connectivity index (χ3v) is 4.42. The van der Waals surface area contributed by atoms with Gasteiger partial charge in [-0.25, -0.2) is 4.68 Å². The molecule has 1 aliphatic heterocycles. The first kappa shape index (κ1) is 15.4. The number of carbonyl (C=O) groups excluding carboxylic acids is 1. The van der Waals surface area contributed by atoms with E-state index in [0.717, 1.165) is 28.4 Å². The van der Waals surface area contributed by atoms with Gasteiger partial charge in [-0.3, -0.25) is 4.79 Å². The van der Waals surface area contributed by atoms with Crippen LogP contribution in [0.2, 0.25) is 0 Å². The average molecular weight is 333 g/mol. The first-order valence-electron chi connectivity index (χ1n) is 8.43. The number of rotatable bonds is 4. The summed E-state index contributed by atoms with van der Waals surface area (Å²) in [6.45, 7) is 2.55. The summed E-state index contributed by atoms with van der Waals surface area (Å²) in [4.78, 5) is 12.4. The largest absolute Gasteiger partial charge is 0.494 e. The summed E-state index contributed by atoms with van der Waals surface area (Å²) in [5, 5.41) is 7.49. The second-order valence-corrected chi connectivity index (χ2v) is 5.97. The Morgan fingerprint density at radius 2 is 1.88 bits per heavy atom. The highest BCUT2D eigenvalue weighted by atomic mass is 16.5. The summed E-state index contributed by atoms with van der Waals surface area (Å²) in [6, 6.07) is 17.7. The van der Waals surface area contributed by atoms with Gasteiger partial charge in [0.1, 0.15) is 11.6 Å². The second kappa shape index (κ2) is 6.43. The quantitative estimate of drug-likeness (QED) is 0.791. The van der Waals surface area contributed by atoms with E-state index in [2.05, 4.69) is 10.4 Å². The number of anilines is 1. The molecule has 1 aromatic heterocycles. The van der Waals surface area contributed by atoms with Gasteiger partial charge in [0.05, 0.1) is 18.5 Å². The molecule has 5 nitrogen and oxygen atoms in total. The Labute approximate surface area is 146 Å². The van der Waals surface area contributed by atoms with E-state index in [9.17, 15) is 4.79 Å². The molecule has 25 heavy (non-hydrogen) atoms. The average Bonchev–Trinajstić information content (AvgIpc) is 3.06. The molecule has 0 bridgehead atoms. The van der Waals surface area contributed by atoms with E-state index in [-0.39, 0.29) is 11.8 Å². The zero-order valence-corrected chi connectivity index (χ0v) is 14.0. The Balaban J connectivity index is 1.82. The number of nitrogens with zero attached hydrogens (tertiary/aromatic N) is 2. The zero-order valence-electron chi connectivity index (χ0n) is 14.0. The Bertz CT molecular complexity index is 902. The minimum absolute atomic E-state index is 0.0125. The van der Waals surface area contributed by atoms with E-state index in [0.29, 0.717) is 13.0 Å². The van der Waals surface area contributed by atoms with Gasteiger partial charge in [0.25, 0.3) is 0 Å². The summed E-state index contributed by atoms with van der Waals surface area (Å²) in [5.74, 6) is 1.48. The van der Waals surface area contributed by atoms with Crippen molar-refractivity contribution in [1.29, 1.82) is 0 Å². The molecular formula is C20H19N3O2. The molecule has 0 unspecified atom stereocenters. The van der Waals surface area contributed by atoms with Crippen LogP contribution in [-0.2, 0) is 4.79 Å². The second-order valence-electron chi connectivity index (χ2n) is 5.97. The number of benzene rings is 2. The van der Waals surface area contributed by atoms with E-state index in [1.165, 1.54) is 0 Å². The topological polar surface area (TPSA) is 56.1 Å². The SMILES string of the molecule is CCOc1ccccc1[C@H]1CC(=O)Nc2c1cnn2-c1ccccc1. The van der Waals surface area contributed by atoms with Gasteiger partial charge in [0, 0.05) is 23.5 Å². The highest BCUT2D eigenvalue weighted by Crippen LogP contribution is 2.41. The van der Waals surface area contributed by atoms with Gasteiger partial charge in [-0.2, -0.15) is 5.10 Å². The van der Waals surface area contributed by atoms with E-state index in [1.54, 1.807) is 4.68 Å². The van der Waals surface area contributed by atoms with Crippen molar-refractivity contribution in [2.24, 2.45) is 0 Å². The summed E-state index contributed by atoms with van der Waals surface area (Å²) >= 11 is 0. The molecule has 0 radical (unpaired) electrons. The number of amides is 1. The van der Waals surface area contributed by atoms with E-state index >= 15 is 0 Å². The smallest absolute Gasteiger partial charge is 0.226 e. The van der Waals surface area contributed by atoms with Crippen molar-refractivity contribution in [1.82, 2.24) is 9.78 Å². The van der Waals surface area contributed by atoms with Crippen LogP contribution in [0.15, 0.2) is 60.8 Å². The summed E-state index contributed by atoms with van der Waals surface area (Å²) < 4.78 is 7.55. The highest BCUT2D eigenvalue weighted by Gasteiger charge is 2.31. The van der Waals surface area contributed by atoms with Gasteiger partial charge in [-0.15, -0.1) is 0 Å². The van der Waals surface area contributed by atoms with Crippen LogP contribution in [-0.4, -0.2) is 22.3 Å². The van der Waals surface area contributed by atoms with Crippen molar-refractivity contribution in [3.05, 3.63) is 71.9 Å². The van der Waals surface area contributed by atoms with Crippen LogP contribution in [0.25, 0.3) is 5.69 Å². The minimum atomic E-state index is -0.0658. The Kier molecular flexibility index (Phi) is 3.98. The first-order chi connectivity index (χ1) is 12.3. The van der Waals surface area contributed by atoms with Gasteiger partial charge >= 0.3 is 0 Å². The molecule has 1 amide bonds. The van der Waals surface area contributed by atoms with Crippen molar-refractivity contribution >= 4 is 11.7 Å². The normalized spacial score (nSPS) is 16.2. The predicted molar refractivity (Wildman–Crippen MR) is 96.3 cm³/mol. The van der Waals surface area contributed by atoms with Crippen LogP contribution in [0.1, 0.15) is 30.4 Å². The number of nitrogens with one attached hydrogen (secondary N) is 1. The number of para-hydroxylation sites is 2. The van der Waals surface area contributed by atoms with Crippen LogP contribution in [0.3, 0.4) is 0 Å². The molecule has 4 rings (SSSR count). The number of carbonyl (C=O) groups is 1. The van der Waals surface area contributed by atoms with Gasteiger partial charge in [0.2, 0.25) is 5.91 Å². The van der Waals surface area contributed by atoms with Crippen LogP contribution < -0.4 is 10.1 Å². The fourth-order valence-corrected chi connectivity index (χ4v) is 3.32. The maximum absolute atomic E-state index is 12.4. The summed E-state index contributed by atoms with van der Waals surface area (Å²) in [6.07, 6.45) is 2.23. The van der Waals surface area contributed by atoms with E-state index < -0.39 is 0 Å². The molecule has 2 aromatic carbocycles. The fourth-order valence-electron chi connectivity index (χ4n) is 3.32. The fraction of sp³-hybridized carbons (Fsp3) is 0.200. The van der Waals surface area contributed by atoms with Gasteiger partial charge in [-0.05, 0) is 25.1 Å². The zero-order chi connectivity index (χ0) is 17.2. The molecule has 5 heteroatoms. The molecule has 0 saturated heterocycles. The molecule has 2 heterocycles. The Morgan fingerprint density at radius 1 is 1.12 bits per heavy atom. The van der Waals surface area contributed by atoms with Gasteiger partial charge in [0.15, 0.2) is 0 Å². The van der Waals surface area contributed by atoms with Crippen LogP contribution in [0.4, 0.5) is 5.82 Å². The standard InChI is InChI=1S/C20H19N3O2/c1-2-25-18-11-7-6-10-15(18)16-12-19(24)22-20-17(16)13-21-23(20)14-8-4-3-5-9-14/h3-11,13,16H,2,12H2,1H3,(H,22,24)/t16-/m1/s1. The monoisotopic (exact) mass is 333 g/mol. The Morgan fingerprint density at radius 3 is 2.68 bits per heavy atom. The van der Waals surface area contributed by atoms with Crippen LogP contribution in [0, 0.1) is 0 Å². The van der Waals surface area contributed by atoms with Gasteiger partial charge < -0.3 is 10.1 Å². The molecule has 1 atom stereocenters. The maximum atomic E-state index is 12.4. The number of hydrogen-bond acceptors (Lipinski definition) is 3. The summed E-state index contributed by atoms with van der Waals surface area (Å²) in [7, 11) is 0. The minimum Gasteiger partial charge on any atom is -0.494 e. The lowest BCUT2D eigenvalue weighted by Gasteiger charge is -2.25. The van der Waals surface area contributed by atoms with Gasteiger partial charge in [-0.1, -0.05) is 36.4 Å². The molecular weight excluding hydrogens is 314 g/mol. The van der Waals surface area contributed by atoms with E-state index in [4.69, 9.17) is 4.74 Å². The molecule has 0 saturated carbocycles. The first-order valence-corrected chi connectivity index (χ1v) is 8.43. The number of ether oxygens (including phenoxy) is 1. The third-order valence-electron chi connectivity index (χ3n) is 4.42. The number of hydrogen-bond donors (Lipinski definition) is 1. The van der Waals surface area contributed by atoms with Crippen molar-refractivity contribution in [3.63, 3.8) is 0 Å². The molecule has 1 N–H and O–H groups in total. The molecule has 0 fully saturated rings. The van der Waals surface area contributed by atoms with E-state index in [1.807, 2.05) is 67.7 Å². The van der Waals surface area contributed by atoms with Crippen molar-refractivity contribution in [3.8, 4) is 11.4 Å². The predicted octanol–water partition coefficient (Wildman–Crippen LogP) is 3.75. The van der Waals surface area contributed by atoms with Crippen molar-refractivity contribution in [2.75, 3.05) is 11.9 Å². The highest BCUT2D eigenvalue weighted by molar-refractivity contribution is 5.94. The Hall–Kier alpha value is -3.08. The van der Waals surface area contributed by atoms with Crippen molar-refractivity contribution in [2.45, 2.75) is 19.3 Å². The lowest BCUT2D eigenvalue weighted by molar-refractivity contribution is -0.116. The summed E-state index contributed by atoms with van der Waals surface area (Å²) in [5.41, 5.74) is 2.95.